The first-order valence-electron chi connectivity index (χ1n) is 8.07. The van der Waals surface area contributed by atoms with Crippen LogP contribution in [-0.2, 0) is 20.7 Å². The molecule has 0 fully saturated rings. The maximum atomic E-state index is 12.8. The summed E-state index contributed by atoms with van der Waals surface area (Å²) in [4.78, 5) is 23.3. The van der Waals surface area contributed by atoms with E-state index in [0.717, 1.165) is 11.3 Å². The number of rotatable bonds is 8. The molecular formula is C20H20FNO4. The molecule has 2 rings (SSSR count). The van der Waals surface area contributed by atoms with Crippen molar-refractivity contribution in [1.82, 2.24) is 5.32 Å². The van der Waals surface area contributed by atoms with Crippen molar-refractivity contribution in [2.45, 2.75) is 6.42 Å². The van der Waals surface area contributed by atoms with Crippen molar-refractivity contribution in [2.24, 2.45) is 0 Å². The van der Waals surface area contributed by atoms with Crippen molar-refractivity contribution >= 4 is 18.0 Å². The Hall–Kier alpha value is -3.15. The summed E-state index contributed by atoms with van der Waals surface area (Å²) in [6.45, 7) is 0.0424. The summed E-state index contributed by atoms with van der Waals surface area (Å²) in [5, 5.41) is 2.68. The fourth-order valence-electron chi connectivity index (χ4n) is 2.22. The predicted molar refractivity (Wildman–Crippen MR) is 96.1 cm³/mol. The molecular weight excluding hydrogens is 337 g/mol. The minimum absolute atomic E-state index is 0.352. The van der Waals surface area contributed by atoms with E-state index in [1.807, 2.05) is 24.3 Å². The fraction of sp³-hybridized carbons (Fsp3) is 0.200. The zero-order valence-corrected chi connectivity index (χ0v) is 14.4. The molecule has 0 radical (unpaired) electrons. The van der Waals surface area contributed by atoms with E-state index in [0.29, 0.717) is 18.5 Å². The van der Waals surface area contributed by atoms with E-state index in [1.54, 1.807) is 7.11 Å². The zero-order chi connectivity index (χ0) is 18.8. The van der Waals surface area contributed by atoms with Gasteiger partial charge in [0.2, 0.25) is 0 Å². The second-order valence-corrected chi connectivity index (χ2v) is 5.40. The van der Waals surface area contributed by atoms with Crippen LogP contribution >= 0.6 is 0 Å². The number of carbonyl (C=O) groups is 2. The van der Waals surface area contributed by atoms with Crippen molar-refractivity contribution < 1.29 is 23.5 Å². The monoisotopic (exact) mass is 357 g/mol. The number of carbonyl (C=O) groups excluding carboxylic acids is 2. The van der Waals surface area contributed by atoms with Gasteiger partial charge in [0, 0.05) is 12.6 Å². The molecule has 2 aromatic rings. The Morgan fingerprint density at radius 2 is 1.85 bits per heavy atom. The standard InChI is InChI=1S/C20H20FNO4/c1-25-18-5-3-2-4-16(18)12-13-22-19(23)14-26-20(24)11-8-15-6-9-17(21)10-7-15/h2-11H,12-14H2,1H3,(H,22,23)/b11-8+. The van der Waals surface area contributed by atoms with Gasteiger partial charge in [0.15, 0.2) is 6.61 Å². The summed E-state index contributed by atoms with van der Waals surface area (Å²) in [5.74, 6) is -0.619. The van der Waals surface area contributed by atoms with Crippen LogP contribution in [0.5, 0.6) is 5.75 Å². The molecule has 5 nitrogen and oxygen atoms in total. The van der Waals surface area contributed by atoms with Crippen LogP contribution in [0.3, 0.4) is 0 Å². The number of hydrogen-bond donors (Lipinski definition) is 1. The molecule has 0 aromatic heterocycles. The first-order chi connectivity index (χ1) is 12.6. The Kier molecular flexibility index (Phi) is 7.36. The number of esters is 1. The average Bonchev–Trinajstić information content (AvgIpc) is 2.66. The molecule has 6 heteroatoms. The molecule has 2 aromatic carbocycles. The molecule has 136 valence electrons. The maximum absolute atomic E-state index is 12.8. The quantitative estimate of drug-likeness (QED) is 0.583. The van der Waals surface area contributed by atoms with Crippen LogP contribution in [0, 0.1) is 5.82 Å². The Morgan fingerprint density at radius 1 is 1.12 bits per heavy atom. The van der Waals surface area contributed by atoms with Gasteiger partial charge in [-0.2, -0.15) is 0 Å². The second-order valence-electron chi connectivity index (χ2n) is 5.40. The van der Waals surface area contributed by atoms with Crippen LogP contribution in [0.2, 0.25) is 0 Å². The third kappa shape index (κ3) is 6.39. The molecule has 0 spiro atoms. The molecule has 0 saturated carbocycles. The van der Waals surface area contributed by atoms with Gasteiger partial charge in [-0.15, -0.1) is 0 Å². The van der Waals surface area contributed by atoms with Gasteiger partial charge < -0.3 is 14.8 Å². The molecule has 1 amide bonds. The lowest BCUT2D eigenvalue weighted by Gasteiger charge is -2.09. The number of amides is 1. The van der Waals surface area contributed by atoms with Gasteiger partial charge >= 0.3 is 5.97 Å². The molecule has 0 aliphatic rings. The molecule has 26 heavy (non-hydrogen) atoms. The molecule has 0 saturated heterocycles. The number of hydrogen-bond acceptors (Lipinski definition) is 4. The van der Waals surface area contributed by atoms with Crippen LogP contribution < -0.4 is 10.1 Å². The Morgan fingerprint density at radius 3 is 2.58 bits per heavy atom. The van der Waals surface area contributed by atoms with E-state index in [9.17, 15) is 14.0 Å². The lowest BCUT2D eigenvalue weighted by molar-refractivity contribution is -0.143. The molecule has 1 N–H and O–H groups in total. The zero-order valence-electron chi connectivity index (χ0n) is 14.4. The van der Waals surface area contributed by atoms with Gasteiger partial charge in [0.1, 0.15) is 11.6 Å². The first kappa shape index (κ1) is 19.2. The lowest BCUT2D eigenvalue weighted by atomic mass is 10.1. The Balaban J connectivity index is 1.69. The smallest absolute Gasteiger partial charge is 0.331 e. The number of nitrogens with one attached hydrogen (secondary N) is 1. The highest BCUT2D eigenvalue weighted by Crippen LogP contribution is 2.17. The highest BCUT2D eigenvalue weighted by atomic mass is 19.1. The van der Waals surface area contributed by atoms with E-state index in [2.05, 4.69) is 5.32 Å². The lowest BCUT2D eigenvalue weighted by Crippen LogP contribution is -2.30. The van der Waals surface area contributed by atoms with Crippen molar-refractivity contribution in [2.75, 3.05) is 20.3 Å². The number of ether oxygens (including phenoxy) is 2. The van der Waals surface area contributed by atoms with Gasteiger partial charge in [0.05, 0.1) is 7.11 Å². The van der Waals surface area contributed by atoms with Gasteiger partial charge in [-0.05, 0) is 41.8 Å². The highest BCUT2D eigenvalue weighted by molar-refractivity contribution is 5.89. The van der Waals surface area contributed by atoms with Crippen molar-refractivity contribution in [1.29, 1.82) is 0 Å². The molecule has 0 unspecified atom stereocenters. The Labute approximate surface area is 151 Å². The number of para-hydroxylation sites is 1. The maximum Gasteiger partial charge on any atom is 0.331 e. The number of halogens is 1. The van der Waals surface area contributed by atoms with Crippen molar-refractivity contribution in [3.05, 3.63) is 71.6 Å². The summed E-state index contributed by atoms with van der Waals surface area (Å²) >= 11 is 0. The summed E-state index contributed by atoms with van der Waals surface area (Å²) in [6, 6.07) is 13.2. The molecule has 0 heterocycles. The average molecular weight is 357 g/mol. The van der Waals surface area contributed by atoms with E-state index in [4.69, 9.17) is 9.47 Å². The van der Waals surface area contributed by atoms with E-state index in [1.165, 1.54) is 36.4 Å². The van der Waals surface area contributed by atoms with E-state index in [-0.39, 0.29) is 18.3 Å². The minimum Gasteiger partial charge on any atom is -0.496 e. The molecule has 0 aliphatic heterocycles. The fourth-order valence-corrected chi connectivity index (χ4v) is 2.22. The normalized spacial score (nSPS) is 10.5. The van der Waals surface area contributed by atoms with Gasteiger partial charge in [-0.3, -0.25) is 4.79 Å². The van der Waals surface area contributed by atoms with E-state index < -0.39 is 5.97 Å². The molecule has 0 aliphatic carbocycles. The first-order valence-corrected chi connectivity index (χ1v) is 8.07. The van der Waals surface area contributed by atoms with Gasteiger partial charge in [0.25, 0.3) is 5.91 Å². The van der Waals surface area contributed by atoms with Crippen LogP contribution in [0.4, 0.5) is 4.39 Å². The van der Waals surface area contributed by atoms with Crippen molar-refractivity contribution in [3.63, 3.8) is 0 Å². The predicted octanol–water partition coefficient (Wildman–Crippen LogP) is 2.75. The molecule has 0 atom stereocenters. The second kappa shape index (κ2) is 9.98. The topological polar surface area (TPSA) is 64.6 Å². The third-order valence-electron chi connectivity index (χ3n) is 3.54. The SMILES string of the molecule is COc1ccccc1CCNC(=O)COC(=O)/C=C/c1ccc(F)cc1. The van der Waals surface area contributed by atoms with Crippen LogP contribution in [0.25, 0.3) is 6.08 Å². The van der Waals surface area contributed by atoms with Crippen LogP contribution in [0.15, 0.2) is 54.6 Å². The summed E-state index contributed by atoms with van der Waals surface area (Å²) in [5.41, 5.74) is 1.64. The largest absolute Gasteiger partial charge is 0.496 e. The van der Waals surface area contributed by atoms with Gasteiger partial charge in [-0.1, -0.05) is 30.3 Å². The summed E-state index contributed by atoms with van der Waals surface area (Å²) < 4.78 is 22.9. The van der Waals surface area contributed by atoms with E-state index >= 15 is 0 Å². The summed E-state index contributed by atoms with van der Waals surface area (Å²) in [6.07, 6.45) is 3.28. The van der Waals surface area contributed by atoms with Crippen LogP contribution in [-0.4, -0.2) is 32.1 Å². The summed E-state index contributed by atoms with van der Waals surface area (Å²) in [7, 11) is 1.59. The minimum atomic E-state index is -0.644. The Bertz CT molecular complexity index is 772. The van der Waals surface area contributed by atoms with Crippen LogP contribution in [0.1, 0.15) is 11.1 Å². The number of benzene rings is 2. The third-order valence-corrected chi connectivity index (χ3v) is 3.54. The highest BCUT2D eigenvalue weighted by Gasteiger charge is 2.06. The van der Waals surface area contributed by atoms with Crippen molar-refractivity contribution in [3.8, 4) is 5.75 Å². The molecule has 0 bridgehead atoms. The van der Waals surface area contributed by atoms with Gasteiger partial charge in [-0.25, -0.2) is 9.18 Å². The number of methoxy groups -OCH3 is 1.